The van der Waals surface area contributed by atoms with Gasteiger partial charge in [0.25, 0.3) is 0 Å². The summed E-state index contributed by atoms with van der Waals surface area (Å²) in [7, 11) is -12.3. The zero-order valence-corrected chi connectivity index (χ0v) is 45.1. The molecule has 65 heavy (non-hydrogen) atoms. The molecule has 0 aromatic heterocycles. The van der Waals surface area contributed by atoms with Gasteiger partial charge in [0.05, 0.1) is 40.9 Å². The van der Waals surface area contributed by atoms with Crippen molar-refractivity contribution in [2.45, 2.75) is 193 Å². The average Bonchev–Trinajstić information content (AvgIpc) is 3.20. The van der Waals surface area contributed by atoms with E-state index in [1.54, 1.807) is 0 Å². The minimum absolute atomic E-state index is 0.0496. The molecule has 0 aliphatic carbocycles. The summed E-state index contributed by atoms with van der Waals surface area (Å²) in [5.74, 6) is 11.8. The number of nitrogens with one attached hydrogen (secondary N) is 2. The summed E-state index contributed by atoms with van der Waals surface area (Å²) < 4.78 is 92.7. The monoisotopic (exact) mass is 950 g/mol. The van der Waals surface area contributed by atoms with Crippen LogP contribution >= 0.6 is 0 Å². The molecular weight excluding hydrogens is 871 g/mol. The van der Waals surface area contributed by atoms with Crippen molar-refractivity contribution in [1.29, 1.82) is 0 Å². The molecule has 3 aromatic carbocycles. The van der Waals surface area contributed by atoms with Crippen molar-refractivity contribution in [1.82, 2.24) is 13.7 Å². The van der Waals surface area contributed by atoms with E-state index in [2.05, 4.69) is 74.7 Å². The van der Waals surface area contributed by atoms with Gasteiger partial charge in [-0.1, -0.05) is 185 Å². The quantitative estimate of drug-likeness (QED) is 0.115. The summed E-state index contributed by atoms with van der Waals surface area (Å²) in [6.45, 7) is 35.3. The zero-order chi connectivity index (χ0) is 49.5. The maximum atomic E-state index is 15.0. The fourth-order valence-electron chi connectivity index (χ4n) is 7.76. The Labute approximate surface area is 395 Å². The third-order valence-electron chi connectivity index (χ3n) is 11.8. The second kappa shape index (κ2) is 23.0. The first-order valence-electron chi connectivity index (χ1n) is 23.4. The van der Waals surface area contributed by atoms with Crippen molar-refractivity contribution in [2.75, 3.05) is 26.2 Å². The molecule has 0 spiro atoms. The molecule has 0 saturated heterocycles. The van der Waals surface area contributed by atoms with Crippen LogP contribution < -0.4 is 9.44 Å². The van der Waals surface area contributed by atoms with Gasteiger partial charge < -0.3 is 0 Å². The van der Waals surface area contributed by atoms with E-state index in [9.17, 15) is 16.8 Å². The molecule has 0 aliphatic rings. The third-order valence-corrected chi connectivity index (χ3v) is 16.8. The number of hydrogen-bond acceptors (Lipinski definition) is 6. The maximum absolute atomic E-state index is 15.0. The van der Waals surface area contributed by atoms with Crippen LogP contribution in [0.25, 0.3) is 0 Å². The van der Waals surface area contributed by atoms with Crippen LogP contribution in [0.1, 0.15) is 228 Å². The molecule has 0 atom stereocenters. The Morgan fingerprint density at radius 1 is 0.369 bits per heavy atom. The van der Waals surface area contributed by atoms with Crippen LogP contribution in [0.2, 0.25) is 0 Å². The minimum Gasteiger partial charge on any atom is -0.207 e. The van der Waals surface area contributed by atoms with Crippen LogP contribution in [0.3, 0.4) is 0 Å². The lowest BCUT2D eigenvalue weighted by atomic mass is 9.89. The van der Waals surface area contributed by atoms with Gasteiger partial charge in [0.1, 0.15) is 0 Å². The first-order valence-corrected chi connectivity index (χ1v) is 27.8. The van der Waals surface area contributed by atoms with Crippen molar-refractivity contribution >= 4 is 30.1 Å². The van der Waals surface area contributed by atoms with E-state index in [1.165, 1.54) is 4.31 Å². The van der Waals surface area contributed by atoms with Gasteiger partial charge >= 0.3 is 0 Å². The molecule has 0 fully saturated rings. The summed E-state index contributed by atoms with van der Waals surface area (Å²) >= 11 is 0. The smallest absolute Gasteiger partial charge is 0.207 e. The van der Waals surface area contributed by atoms with Crippen molar-refractivity contribution in [3.63, 3.8) is 0 Å². The Morgan fingerprint density at radius 3 is 0.815 bits per heavy atom. The Kier molecular flexibility index (Phi) is 19.8. The maximum Gasteiger partial charge on any atom is 0.245 e. The molecule has 0 radical (unpaired) electrons. The fraction of sp³-hybridized carbons (Fsp3) is 0.585. The topological polar surface area (TPSA) is 130 Å². The Balaban J connectivity index is 2.09. The SMILES string of the molecule is CC(C)c1cc(C(C)C)c(S(=O)(=O)NCC#CCN(CC#CCNS(=O)(=O)c2c(C(C)C)cc(C(C)C)cc2C(C)C)S(=O)(=O)c2c(C(C)C)cc(C(C)C)cc2C(C)C)c(C(C)C)c1. The number of benzene rings is 3. The summed E-state index contributed by atoms with van der Waals surface area (Å²) in [4.78, 5) is 0.755. The summed E-state index contributed by atoms with van der Waals surface area (Å²) in [5, 5.41) is 0. The number of sulfonamides is 3. The van der Waals surface area contributed by atoms with E-state index in [4.69, 9.17) is 0 Å². The standard InChI is InChI=1S/C53H79N3O6S3/c1-33(2)42-27-45(36(7)8)51(46(28-42)37(9)10)63(57,58)54-23-19-21-25-56(65(61,62)53-49(40(15)16)31-44(35(5)6)32-50(53)41(17)18)26-22-20-24-55-64(59,60)52-47(38(11)12)29-43(34(3)4)30-48(52)39(13)14/h27-41,54-55H,23-26H2,1-18H3. The van der Waals surface area contributed by atoms with Crippen LogP contribution in [-0.2, 0) is 30.1 Å². The molecule has 0 amide bonds. The van der Waals surface area contributed by atoms with E-state index in [1.807, 2.05) is 119 Å². The molecule has 0 unspecified atom stereocenters. The number of nitrogens with zero attached hydrogens (tertiary/aromatic N) is 1. The van der Waals surface area contributed by atoms with Gasteiger partial charge in [-0.15, -0.1) is 0 Å². The molecular formula is C53H79N3O6S3. The second-order valence-corrected chi connectivity index (χ2v) is 25.4. The highest BCUT2D eigenvalue weighted by Crippen LogP contribution is 2.38. The largest absolute Gasteiger partial charge is 0.245 e. The molecule has 0 bridgehead atoms. The molecule has 0 heterocycles. The van der Waals surface area contributed by atoms with Gasteiger partial charge in [0.2, 0.25) is 30.1 Å². The van der Waals surface area contributed by atoms with Crippen molar-refractivity contribution in [3.05, 3.63) is 86.5 Å². The third kappa shape index (κ3) is 13.8. The molecule has 3 aromatic rings. The highest BCUT2D eigenvalue weighted by atomic mass is 32.2. The summed E-state index contributed by atoms with van der Waals surface area (Å²) in [6.07, 6.45) is 0. The lowest BCUT2D eigenvalue weighted by Gasteiger charge is -2.26. The summed E-state index contributed by atoms with van der Waals surface area (Å²) in [6, 6.07) is 11.9. The lowest BCUT2D eigenvalue weighted by Crippen LogP contribution is -2.34. The van der Waals surface area contributed by atoms with Crippen molar-refractivity contribution in [3.8, 4) is 23.7 Å². The van der Waals surface area contributed by atoms with Gasteiger partial charge in [0.15, 0.2) is 0 Å². The predicted molar refractivity (Wildman–Crippen MR) is 271 cm³/mol. The molecule has 9 nitrogen and oxygen atoms in total. The Morgan fingerprint density at radius 2 is 0.600 bits per heavy atom. The van der Waals surface area contributed by atoms with Gasteiger partial charge in [-0.2, -0.15) is 13.7 Å². The van der Waals surface area contributed by atoms with Crippen LogP contribution in [-0.4, -0.2) is 55.7 Å². The Hall–Kier alpha value is -3.49. The van der Waals surface area contributed by atoms with Gasteiger partial charge in [-0.05, 0) is 103 Å². The van der Waals surface area contributed by atoms with Crippen LogP contribution in [0.15, 0.2) is 51.1 Å². The van der Waals surface area contributed by atoms with E-state index in [-0.39, 0.29) is 94.1 Å². The van der Waals surface area contributed by atoms with Gasteiger partial charge in [-0.3, -0.25) is 0 Å². The van der Waals surface area contributed by atoms with E-state index in [0.29, 0.717) is 11.1 Å². The van der Waals surface area contributed by atoms with Gasteiger partial charge in [0, 0.05) is 0 Å². The van der Waals surface area contributed by atoms with E-state index in [0.717, 1.165) is 38.9 Å². The first-order chi connectivity index (χ1) is 30.0. The molecule has 0 saturated carbocycles. The molecule has 12 heteroatoms. The molecule has 3 rings (SSSR count). The van der Waals surface area contributed by atoms with Crippen LogP contribution in [0.4, 0.5) is 0 Å². The first kappa shape index (κ1) is 55.8. The predicted octanol–water partition coefficient (Wildman–Crippen LogP) is 11.8. The van der Waals surface area contributed by atoms with Crippen molar-refractivity contribution < 1.29 is 25.3 Å². The normalized spacial score (nSPS) is 12.8. The zero-order valence-electron chi connectivity index (χ0n) is 42.6. The van der Waals surface area contributed by atoms with Crippen LogP contribution in [0.5, 0.6) is 0 Å². The Bertz CT molecular complexity index is 2400. The second-order valence-electron chi connectivity index (χ2n) is 20.1. The minimum atomic E-state index is -4.24. The van der Waals surface area contributed by atoms with Crippen LogP contribution in [0, 0.1) is 23.7 Å². The highest BCUT2D eigenvalue weighted by molar-refractivity contribution is 7.90. The number of rotatable bonds is 19. The fourth-order valence-corrected chi connectivity index (χ4v) is 12.9. The highest BCUT2D eigenvalue weighted by Gasteiger charge is 2.32. The van der Waals surface area contributed by atoms with E-state index >= 15 is 8.42 Å². The van der Waals surface area contributed by atoms with Gasteiger partial charge in [-0.25, -0.2) is 25.3 Å². The number of hydrogen-bond donors (Lipinski definition) is 2. The molecule has 360 valence electrons. The lowest BCUT2D eigenvalue weighted by molar-refractivity contribution is 0.478. The molecule has 2 N–H and O–H groups in total. The van der Waals surface area contributed by atoms with Crippen molar-refractivity contribution in [2.24, 2.45) is 0 Å². The molecule has 0 aliphatic heterocycles. The van der Waals surface area contributed by atoms with E-state index < -0.39 is 30.1 Å². The average molecular weight is 950 g/mol. The summed E-state index contributed by atoms with van der Waals surface area (Å²) in [5.41, 5.74) is 7.57.